The van der Waals surface area contributed by atoms with Gasteiger partial charge in [0, 0.05) is 10.9 Å². The van der Waals surface area contributed by atoms with Crippen LogP contribution in [0, 0.1) is 0 Å². The number of hydrogen-bond acceptors (Lipinski definition) is 5. The number of carbonyl (C=O) groups excluding carboxylic acids is 1. The van der Waals surface area contributed by atoms with Crippen molar-refractivity contribution >= 4 is 27.5 Å². The number of aromatic nitrogens is 2. The molecular formula is C22H24N2O3S. The molecule has 0 bridgehead atoms. The zero-order valence-electron chi connectivity index (χ0n) is 16.2. The van der Waals surface area contributed by atoms with Gasteiger partial charge in [0.25, 0.3) is 5.56 Å². The summed E-state index contributed by atoms with van der Waals surface area (Å²) in [6, 6.07) is 6.50. The van der Waals surface area contributed by atoms with Crippen LogP contribution in [0.4, 0.5) is 0 Å². The van der Waals surface area contributed by atoms with Gasteiger partial charge in [0.2, 0.25) is 0 Å². The van der Waals surface area contributed by atoms with E-state index in [-0.39, 0.29) is 18.2 Å². The Morgan fingerprint density at radius 2 is 2.07 bits per heavy atom. The Bertz CT molecular complexity index is 1080. The molecule has 2 heterocycles. The molecule has 4 rings (SSSR count). The van der Waals surface area contributed by atoms with Crippen LogP contribution in [-0.2, 0) is 28.9 Å². The lowest BCUT2D eigenvalue weighted by Gasteiger charge is -2.16. The number of nitrogens with zero attached hydrogens (tertiary/aromatic N) is 2. The Hall–Kier alpha value is -2.47. The number of benzene rings is 1. The second-order valence-corrected chi connectivity index (χ2v) is 8.26. The standard InChI is InChI=1S/C22H24N2O3S/c1-3-14(2)27-19(25)11-24-13-23-21-20(22(24)26)18(12-28-21)17-9-8-15-6-4-5-7-16(15)10-17/h8-10,12-14H,3-7,11H2,1-2H3. The first-order chi connectivity index (χ1) is 13.6. The van der Waals surface area contributed by atoms with Crippen LogP contribution in [0.25, 0.3) is 21.3 Å². The first-order valence-corrected chi connectivity index (χ1v) is 10.7. The highest BCUT2D eigenvalue weighted by atomic mass is 32.1. The van der Waals surface area contributed by atoms with Crippen molar-refractivity contribution in [2.24, 2.45) is 0 Å². The topological polar surface area (TPSA) is 61.2 Å². The lowest BCUT2D eigenvalue weighted by Crippen LogP contribution is -2.27. The van der Waals surface area contributed by atoms with E-state index in [0.717, 1.165) is 30.4 Å². The molecule has 0 fully saturated rings. The molecule has 0 N–H and O–H groups in total. The van der Waals surface area contributed by atoms with E-state index >= 15 is 0 Å². The molecule has 0 saturated carbocycles. The molecule has 1 atom stereocenters. The third-order valence-electron chi connectivity index (χ3n) is 5.43. The summed E-state index contributed by atoms with van der Waals surface area (Å²) in [5, 5.41) is 2.57. The smallest absolute Gasteiger partial charge is 0.326 e. The van der Waals surface area contributed by atoms with Crippen molar-refractivity contribution in [3.63, 3.8) is 0 Å². The summed E-state index contributed by atoms with van der Waals surface area (Å²) >= 11 is 1.46. The molecule has 28 heavy (non-hydrogen) atoms. The van der Waals surface area contributed by atoms with E-state index in [4.69, 9.17) is 4.74 Å². The zero-order chi connectivity index (χ0) is 19.7. The fourth-order valence-corrected chi connectivity index (χ4v) is 4.58. The van der Waals surface area contributed by atoms with Gasteiger partial charge in [-0.25, -0.2) is 4.98 Å². The molecule has 0 saturated heterocycles. The summed E-state index contributed by atoms with van der Waals surface area (Å²) in [7, 11) is 0. The van der Waals surface area contributed by atoms with Gasteiger partial charge in [-0.2, -0.15) is 0 Å². The molecule has 0 spiro atoms. The monoisotopic (exact) mass is 396 g/mol. The summed E-state index contributed by atoms with van der Waals surface area (Å²) in [5.74, 6) is -0.414. The average Bonchev–Trinajstić information content (AvgIpc) is 3.14. The third kappa shape index (κ3) is 3.61. The van der Waals surface area contributed by atoms with E-state index in [0.29, 0.717) is 10.2 Å². The van der Waals surface area contributed by atoms with Crippen LogP contribution in [0.5, 0.6) is 0 Å². The van der Waals surface area contributed by atoms with Gasteiger partial charge in [0.15, 0.2) is 0 Å². The molecule has 146 valence electrons. The van der Waals surface area contributed by atoms with Gasteiger partial charge in [-0.15, -0.1) is 11.3 Å². The predicted molar refractivity (Wildman–Crippen MR) is 112 cm³/mol. The summed E-state index contributed by atoms with van der Waals surface area (Å²) in [4.78, 5) is 30.3. The molecular weight excluding hydrogens is 372 g/mol. The number of ether oxygens (including phenoxy) is 1. The lowest BCUT2D eigenvalue weighted by atomic mass is 9.89. The molecule has 1 unspecified atom stereocenters. The maximum Gasteiger partial charge on any atom is 0.326 e. The van der Waals surface area contributed by atoms with Gasteiger partial charge in [-0.3, -0.25) is 14.2 Å². The quantitative estimate of drug-likeness (QED) is 0.602. The van der Waals surface area contributed by atoms with Crippen molar-refractivity contribution in [2.75, 3.05) is 0 Å². The second-order valence-electron chi connectivity index (χ2n) is 7.41. The molecule has 2 aromatic heterocycles. The molecule has 0 radical (unpaired) electrons. The van der Waals surface area contributed by atoms with E-state index in [2.05, 4.69) is 23.2 Å². The van der Waals surface area contributed by atoms with E-state index in [9.17, 15) is 9.59 Å². The Balaban J connectivity index is 1.71. The van der Waals surface area contributed by atoms with Crippen LogP contribution in [-0.4, -0.2) is 21.6 Å². The normalized spacial score (nSPS) is 14.6. The minimum Gasteiger partial charge on any atom is -0.461 e. The van der Waals surface area contributed by atoms with E-state index in [1.54, 1.807) is 0 Å². The number of fused-ring (bicyclic) bond motifs is 2. The molecule has 5 nitrogen and oxygen atoms in total. The predicted octanol–water partition coefficient (Wildman–Crippen LogP) is 4.35. The zero-order valence-corrected chi connectivity index (χ0v) is 17.1. The maximum atomic E-state index is 13.1. The van der Waals surface area contributed by atoms with E-state index < -0.39 is 5.97 Å². The van der Waals surface area contributed by atoms with E-state index in [1.165, 1.54) is 46.2 Å². The fourth-order valence-electron chi connectivity index (χ4n) is 3.68. The number of rotatable bonds is 5. The number of carbonyl (C=O) groups is 1. The lowest BCUT2D eigenvalue weighted by molar-refractivity contribution is -0.149. The van der Waals surface area contributed by atoms with Crippen molar-refractivity contribution in [3.05, 3.63) is 51.4 Å². The first kappa shape index (κ1) is 18.9. The fraction of sp³-hybridized carbons (Fsp3) is 0.409. The summed E-state index contributed by atoms with van der Waals surface area (Å²) < 4.78 is 6.65. The van der Waals surface area contributed by atoms with Crippen LogP contribution in [0.3, 0.4) is 0 Å². The maximum absolute atomic E-state index is 13.1. The average molecular weight is 397 g/mol. The third-order valence-corrected chi connectivity index (χ3v) is 6.31. The minimum absolute atomic E-state index is 0.119. The van der Waals surface area contributed by atoms with Crippen molar-refractivity contribution in [3.8, 4) is 11.1 Å². The molecule has 0 aliphatic heterocycles. The molecule has 1 aliphatic rings. The Labute approximate surface area is 168 Å². The largest absolute Gasteiger partial charge is 0.461 e. The van der Waals surface area contributed by atoms with Gasteiger partial charge < -0.3 is 4.74 Å². The molecule has 3 aromatic rings. The molecule has 1 aromatic carbocycles. The highest BCUT2D eigenvalue weighted by Gasteiger charge is 2.17. The second kappa shape index (κ2) is 7.87. The molecule has 6 heteroatoms. The number of thiophene rings is 1. The molecule has 1 aliphatic carbocycles. The van der Waals surface area contributed by atoms with Gasteiger partial charge in [0.1, 0.15) is 11.4 Å². The van der Waals surface area contributed by atoms with Crippen LogP contribution < -0.4 is 5.56 Å². The Morgan fingerprint density at radius 1 is 1.29 bits per heavy atom. The summed E-state index contributed by atoms with van der Waals surface area (Å²) in [6.07, 6.45) is 6.71. The van der Waals surface area contributed by atoms with Gasteiger partial charge in [-0.05, 0) is 55.7 Å². The van der Waals surface area contributed by atoms with Crippen LogP contribution in [0.15, 0.2) is 34.7 Å². The molecule has 0 amide bonds. The van der Waals surface area contributed by atoms with Crippen LogP contribution in [0.1, 0.15) is 44.2 Å². The SMILES string of the molecule is CCC(C)OC(=O)Cn1cnc2scc(-c3ccc4c(c3)CCCC4)c2c1=O. The Morgan fingerprint density at radius 3 is 2.86 bits per heavy atom. The highest BCUT2D eigenvalue weighted by molar-refractivity contribution is 7.17. The van der Waals surface area contributed by atoms with Gasteiger partial charge >= 0.3 is 5.97 Å². The number of aryl methyl sites for hydroxylation is 2. The van der Waals surface area contributed by atoms with Crippen molar-refractivity contribution < 1.29 is 9.53 Å². The Kier molecular flexibility index (Phi) is 5.31. The van der Waals surface area contributed by atoms with Gasteiger partial charge in [0.05, 0.1) is 17.8 Å². The van der Waals surface area contributed by atoms with Gasteiger partial charge in [-0.1, -0.05) is 25.1 Å². The highest BCUT2D eigenvalue weighted by Crippen LogP contribution is 2.33. The minimum atomic E-state index is -0.414. The van der Waals surface area contributed by atoms with E-state index in [1.807, 2.05) is 19.2 Å². The van der Waals surface area contributed by atoms with Crippen molar-refractivity contribution in [1.29, 1.82) is 0 Å². The number of hydrogen-bond donors (Lipinski definition) is 0. The van der Waals surface area contributed by atoms with Crippen molar-refractivity contribution in [1.82, 2.24) is 9.55 Å². The van der Waals surface area contributed by atoms with Crippen molar-refractivity contribution in [2.45, 2.75) is 58.6 Å². The van der Waals surface area contributed by atoms with Crippen LogP contribution >= 0.6 is 11.3 Å². The summed E-state index contributed by atoms with van der Waals surface area (Å²) in [6.45, 7) is 3.68. The van der Waals surface area contributed by atoms with Crippen LogP contribution in [0.2, 0.25) is 0 Å². The number of esters is 1. The first-order valence-electron chi connectivity index (χ1n) is 9.85. The summed E-state index contributed by atoms with van der Waals surface area (Å²) in [5.41, 5.74) is 4.55.